The van der Waals surface area contributed by atoms with E-state index in [-0.39, 0.29) is 0 Å². The van der Waals surface area contributed by atoms with Crippen molar-refractivity contribution in [2.45, 2.75) is 13.8 Å². The van der Waals surface area contributed by atoms with Gasteiger partial charge in [0.25, 0.3) is 0 Å². The lowest BCUT2D eigenvalue weighted by atomic mass is 10.4. The van der Waals surface area contributed by atoms with Gasteiger partial charge in [0.1, 0.15) is 4.61 Å². The molecule has 0 saturated heterocycles. The smallest absolute Gasteiger partial charge is 0.102 e. The summed E-state index contributed by atoms with van der Waals surface area (Å²) in [6.45, 7) is 7.39. The van der Waals surface area contributed by atoms with E-state index in [0.717, 1.165) is 10.3 Å². The van der Waals surface area contributed by atoms with Gasteiger partial charge in [-0.2, -0.15) is 0 Å². The molecule has 1 nitrogen and oxygen atoms in total. The number of halogens is 1. The van der Waals surface area contributed by atoms with E-state index < -0.39 is 0 Å². The second-order valence-electron chi connectivity index (χ2n) is 1.57. The van der Waals surface area contributed by atoms with Crippen molar-refractivity contribution in [1.29, 1.82) is 0 Å². The maximum Gasteiger partial charge on any atom is 0.102 e. The van der Waals surface area contributed by atoms with Crippen LogP contribution in [0.5, 0.6) is 0 Å². The van der Waals surface area contributed by atoms with Crippen LogP contribution in [0, 0.1) is 0 Å². The zero-order valence-electron chi connectivity index (χ0n) is 5.69. The molecular weight excluding hydrogens is 178 g/mol. The van der Waals surface area contributed by atoms with Crippen LogP contribution in [0.15, 0.2) is 28.3 Å². The number of rotatable bonds is 2. The standard InChI is InChI=1S/C7H10BrN/c1-4-6(3)9-7(8)5-2/h4-5H,1H2,2-3H3/b7-5-,9-6-. The average molecular weight is 188 g/mol. The summed E-state index contributed by atoms with van der Waals surface area (Å²) in [4.78, 5) is 4.09. The second kappa shape index (κ2) is 4.50. The Kier molecular flexibility index (Phi) is 4.32. The summed E-state index contributed by atoms with van der Waals surface area (Å²) in [6, 6.07) is 0. The molecule has 0 fully saturated rings. The Morgan fingerprint density at radius 3 is 2.56 bits per heavy atom. The van der Waals surface area contributed by atoms with Crippen molar-refractivity contribution < 1.29 is 0 Å². The minimum Gasteiger partial charge on any atom is -0.247 e. The lowest BCUT2D eigenvalue weighted by Gasteiger charge is -1.88. The lowest BCUT2D eigenvalue weighted by Crippen LogP contribution is -1.80. The molecule has 50 valence electrons. The molecule has 0 radical (unpaired) electrons. The molecule has 0 unspecified atom stereocenters. The van der Waals surface area contributed by atoms with Crippen molar-refractivity contribution in [3.63, 3.8) is 0 Å². The summed E-state index contributed by atoms with van der Waals surface area (Å²) in [7, 11) is 0. The van der Waals surface area contributed by atoms with Gasteiger partial charge in [0.05, 0.1) is 0 Å². The topological polar surface area (TPSA) is 12.4 Å². The summed E-state index contributed by atoms with van der Waals surface area (Å²) in [5, 5.41) is 0. The predicted molar refractivity (Wildman–Crippen MR) is 46.0 cm³/mol. The normalized spacial score (nSPS) is 13.7. The summed E-state index contributed by atoms with van der Waals surface area (Å²) in [6.07, 6.45) is 3.60. The Morgan fingerprint density at radius 2 is 2.22 bits per heavy atom. The molecule has 0 heterocycles. The van der Waals surface area contributed by atoms with Crippen LogP contribution in [0.25, 0.3) is 0 Å². The molecular formula is C7H10BrN. The Labute approximate surface area is 64.3 Å². The van der Waals surface area contributed by atoms with Crippen molar-refractivity contribution in [1.82, 2.24) is 0 Å². The van der Waals surface area contributed by atoms with Crippen LogP contribution in [-0.2, 0) is 0 Å². The van der Waals surface area contributed by atoms with Crippen molar-refractivity contribution in [3.05, 3.63) is 23.3 Å². The fourth-order valence-electron chi connectivity index (χ4n) is 0.279. The fourth-order valence-corrected chi connectivity index (χ4v) is 0.558. The van der Waals surface area contributed by atoms with Gasteiger partial charge in [-0.1, -0.05) is 12.7 Å². The second-order valence-corrected chi connectivity index (χ2v) is 2.38. The quantitative estimate of drug-likeness (QED) is 0.466. The maximum absolute atomic E-state index is 4.09. The van der Waals surface area contributed by atoms with Gasteiger partial charge in [-0.3, -0.25) is 0 Å². The van der Waals surface area contributed by atoms with Crippen LogP contribution >= 0.6 is 15.9 Å². The molecule has 0 saturated carbocycles. The van der Waals surface area contributed by atoms with Crippen LogP contribution < -0.4 is 0 Å². The lowest BCUT2D eigenvalue weighted by molar-refractivity contribution is 1.48. The fraction of sp³-hybridized carbons (Fsp3) is 0.286. The molecule has 0 aliphatic rings. The van der Waals surface area contributed by atoms with E-state index in [1.807, 2.05) is 19.9 Å². The highest BCUT2D eigenvalue weighted by molar-refractivity contribution is 9.11. The zero-order valence-corrected chi connectivity index (χ0v) is 7.27. The number of hydrogen-bond donors (Lipinski definition) is 0. The van der Waals surface area contributed by atoms with Crippen molar-refractivity contribution in [2.75, 3.05) is 0 Å². The Balaban J connectivity index is 4.11. The molecule has 0 atom stereocenters. The Morgan fingerprint density at radius 1 is 1.67 bits per heavy atom. The number of allylic oxidation sites excluding steroid dienone is 2. The summed E-state index contributed by atoms with van der Waals surface area (Å²) >= 11 is 3.24. The predicted octanol–water partition coefficient (Wildman–Crippen LogP) is 2.89. The van der Waals surface area contributed by atoms with E-state index in [1.165, 1.54) is 0 Å². The molecule has 0 aliphatic heterocycles. The molecule has 0 aromatic rings. The molecule has 0 aromatic heterocycles. The molecule has 0 N–H and O–H groups in total. The van der Waals surface area contributed by atoms with Gasteiger partial charge in [0.15, 0.2) is 0 Å². The van der Waals surface area contributed by atoms with Crippen molar-refractivity contribution in [2.24, 2.45) is 4.99 Å². The highest BCUT2D eigenvalue weighted by atomic mass is 79.9. The van der Waals surface area contributed by atoms with Crippen LogP contribution in [-0.4, -0.2) is 5.71 Å². The van der Waals surface area contributed by atoms with Gasteiger partial charge < -0.3 is 0 Å². The van der Waals surface area contributed by atoms with E-state index in [2.05, 4.69) is 27.5 Å². The maximum atomic E-state index is 4.09. The Hall–Kier alpha value is -0.370. The monoisotopic (exact) mass is 187 g/mol. The first-order chi connectivity index (χ1) is 4.20. The molecule has 0 spiro atoms. The van der Waals surface area contributed by atoms with E-state index in [1.54, 1.807) is 6.08 Å². The number of hydrogen-bond acceptors (Lipinski definition) is 1. The van der Waals surface area contributed by atoms with Crippen molar-refractivity contribution in [3.8, 4) is 0 Å². The number of aliphatic imine (C=N–C) groups is 1. The first-order valence-corrected chi connectivity index (χ1v) is 3.49. The van der Waals surface area contributed by atoms with E-state index >= 15 is 0 Å². The summed E-state index contributed by atoms with van der Waals surface area (Å²) in [5.74, 6) is 0. The molecule has 0 amide bonds. The molecule has 0 aliphatic carbocycles. The van der Waals surface area contributed by atoms with Gasteiger partial charge in [0, 0.05) is 5.71 Å². The van der Waals surface area contributed by atoms with Crippen LogP contribution in [0.2, 0.25) is 0 Å². The molecule has 9 heavy (non-hydrogen) atoms. The van der Waals surface area contributed by atoms with Gasteiger partial charge >= 0.3 is 0 Å². The molecule has 0 rings (SSSR count). The van der Waals surface area contributed by atoms with Crippen molar-refractivity contribution >= 4 is 21.6 Å². The third-order valence-corrected chi connectivity index (χ3v) is 1.45. The molecule has 0 bridgehead atoms. The number of nitrogens with zero attached hydrogens (tertiary/aromatic N) is 1. The largest absolute Gasteiger partial charge is 0.247 e. The van der Waals surface area contributed by atoms with Gasteiger partial charge in [0.2, 0.25) is 0 Å². The van der Waals surface area contributed by atoms with Gasteiger partial charge in [-0.25, -0.2) is 4.99 Å². The zero-order chi connectivity index (χ0) is 7.28. The Bertz CT molecular complexity index is 156. The van der Waals surface area contributed by atoms with E-state index in [9.17, 15) is 0 Å². The molecule has 2 heteroatoms. The van der Waals surface area contributed by atoms with Gasteiger partial charge in [-0.05, 0) is 35.9 Å². The average Bonchev–Trinajstić information content (AvgIpc) is 1.87. The summed E-state index contributed by atoms with van der Waals surface area (Å²) < 4.78 is 0.847. The molecule has 0 aromatic carbocycles. The SMILES string of the molecule is C=C/C(C)=N\C(Br)=C/C. The third kappa shape index (κ3) is 4.15. The summed E-state index contributed by atoms with van der Waals surface area (Å²) in [5.41, 5.74) is 0.917. The first kappa shape index (κ1) is 8.63. The van der Waals surface area contributed by atoms with E-state index in [0.29, 0.717) is 0 Å². The van der Waals surface area contributed by atoms with Crippen LogP contribution in [0.1, 0.15) is 13.8 Å². The highest BCUT2D eigenvalue weighted by Gasteiger charge is 1.82. The minimum atomic E-state index is 0.847. The van der Waals surface area contributed by atoms with Gasteiger partial charge in [-0.15, -0.1) is 0 Å². The van der Waals surface area contributed by atoms with Crippen LogP contribution in [0.3, 0.4) is 0 Å². The van der Waals surface area contributed by atoms with Crippen LogP contribution in [0.4, 0.5) is 0 Å². The third-order valence-electron chi connectivity index (χ3n) is 0.817. The highest BCUT2D eigenvalue weighted by Crippen LogP contribution is 2.05. The minimum absolute atomic E-state index is 0.847. The van der Waals surface area contributed by atoms with E-state index in [4.69, 9.17) is 0 Å². The first-order valence-electron chi connectivity index (χ1n) is 2.70.